The van der Waals surface area contributed by atoms with E-state index in [2.05, 4.69) is 57.8 Å². The molecule has 78 heavy (non-hydrogen) atoms. The van der Waals surface area contributed by atoms with Crippen LogP contribution in [0.2, 0.25) is 0 Å². The van der Waals surface area contributed by atoms with E-state index in [-0.39, 0.29) is 44.6 Å². The Morgan fingerprint density at radius 2 is 1.13 bits per heavy atom. The van der Waals surface area contributed by atoms with Crippen LogP contribution in [0.15, 0.2) is 73.2 Å². The van der Waals surface area contributed by atoms with Crippen LogP contribution in [0.3, 0.4) is 0 Å². The third kappa shape index (κ3) is 21.0. The maximum atomic E-state index is 14.5. The molecule has 426 valence electrons. The number of aliphatic carboxylic acids is 1. The number of hydrogen-bond acceptors (Lipinski definition) is 14. The number of aromatic nitrogens is 2. The van der Waals surface area contributed by atoms with Crippen LogP contribution in [0.4, 0.5) is 0 Å². The molecule has 9 atom stereocenters. The standard InChI is InChI=1S/C53H77N13O12/c1-30(2)22-37(47(71)65-42(28-67)51(75)64-41(53(77)78)25-34-27-56-29-58-34)60-49(73)39(24-33-16-9-6-10-17-33)61-46(70)36(18-11-12-20-54)59-48(72)38(23-32-14-7-5-8-15-32)62-50(74)40(26-43(55)68)63-52(76)44(31(3)4)66-45(69)35-19-13-21-57-35/h5-10,14-17,27,29-31,35-42,44,57,67H,11-13,18-26,28,54H2,1-4H3,(H2,55,68)(H,56,58)(H,59,72)(H,60,73)(H,61,70)(H,62,74)(H,63,76)(H,64,75)(H,65,71)(H,66,69)(H,77,78)/t35?,36?,37-,38-,39-,40-,41?,42?,44-/m0/s1. The Balaban J connectivity index is 1.59. The minimum absolute atomic E-state index is 0.00706. The molecular formula is C53H77N13O12. The van der Waals surface area contributed by atoms with Gasteiger partial charge >= 0.3 is 5.97 Å². The molecule has 0 bridgehead atoms. The van der Waals surface area contributed by atoms with Gasteiger partial charge in [-0.05, 0) is 74.6 Å². The van der Waals surface area contributed by atoms with E-state index in [0.717, 1.165) is 6.42 Å². The van der Waals surface area contributed by atoms with Crippen LogP contribution in [0.25, 0.3) is 0 Å². The maximum absolute atomic E-state index is 14.5. The van der Waals surface area contributed by atoms with Crippen molar-refractivity contribution < 1.29 is 58.2 Å². The van der Waals surface area contributed by atoms with Gasteiger partial charge in [0.25, 0.3) is 0 Å². The number of carbonyl (C=O) groups is 10. The number of aromatic amines is 1. The molecule has 3 aromatic rings. The summed E-state index contributed by atoms with van der Waals surface area (Å²) in [4.78, 5) is 143. The summed E-state index contributed by atoms with van der Waals surface area (Å²) in [7, 11) is 0. The number of unbranched alkanes of at least 4 members (excludes halogenated alkanes) is 1. The highest BCUT2D eigenvalue weighted by Gasteiger charge is 2.37. The highest BCUT2D eigenvalue weighted by atomic mass is 16.4. The van der Waals surface area contributed by atoms with Gasteiger partial charge in [-0.15, -0.1) is 0 Å². The first kappa shape index (κ1) is 62.8. The summed E-state index contributed by atoms with van der Waals surface area (Å²) >= 11 is 0. The number of imidazole rings is 1. The van der Waals surface area contributed by atoms with Gasteiger partial charge in [-0.2, -0.15) is 0 Å². The third-order valence-electron chi connectivity index (χ3n) is 12.8. The van der Waals surface area contributed by atoms with Gasteiger partial charge in [-0.25, -0.2) is 9.78 Å². The number of H-pyrrole nitrogens is 1. The second-order valence-electron chi connectivity index (χ2n) is 20.1. The van der Waals surface area contributed by atoms with Crippen molar-refractivity contribution in [2.45, 2.75) is 146 Å². The molecule has 2 heterocycles. The number of carbonyl (C=O) groups excluding carboxylic acids is 9. The molecule has 4 unspecified atom stereocenters. The lowest BCUT2D eigenvalue weighted by molar-refractivity contribution is -0.142. The Hall–Kier alpha value is -7.77. The number of hydrogen-bond donors (Lipinski definition) is 14. The molecule has 1 aliphatic heterocycles. The summed E-state index contributed by atoms with van der Waals surface area (Å²) in [5.41, 5.74) is 13.0. The Morgan fingerprint density at radius 1 is 0.628 bits per heavy atom. The van der Waals surface area contributed by atoms with E-state index in [1.165, 1.54) is 12.5 Å². The first-order valence-corrected chi connectivity index (χ1v) is 26.2. The second kappa shape index (κ2) is 32.1. The fourth-order valence-corrected chi connectivity index (χ4v) is 8.60. The highest BCUT2D eigenvalue weighted by Crippen LogP contribution is 2.13. The minimum atomic E-state index is -1.64. The highest BCUT2D eigenvalue weighted by molar-refractivity contribution is 5.99. The molecule has 0 radical (unpaired) electrons. The monoisotopic (exact) mass is 1090 g/mol. The Labute approximate surface area is 453 Å². The van der Waals surface area contributed by atoms with E-state index in [9.17, 15) is 58.2 Å². The minimum Gasteiger partial charge on any atom is -0.480 e. The summed E-state index contributed by atoms with van der Waals surface area (Å²) in [6.07, 6.45) is 3.74. The summed E-state index contributed by atoms with van der Waals surface area (Å²) in [5, 5.41) is 43.8. The maximum Gasteiger partial charge on any atom is 0.326 e. The first-order valence-electron chi connectivity index (χ1n) is 26.2. The molecule has 1 saturated heterocycles. The van der Waals surface area contributed by atoms with Gasteiger partial charge in [0, 0.05) is 31.2 Å². The number of rotatable bonds is 33. The first-order chi connectivity index (χ1) is 37.2. The number of nitrogens with one attached hydrogen (secondary N) is 10. The molecule has 9 amide bonds. The fraction of sp³-hybridized carbons (Fsp3) is 0.528. The Kier molecular flexibility index (Phi) is 25.8. The SMILES string of the molecule is CC(C)C[C@H](NC(=O)[C@H](Cc1ccccc1)NC(=O)C(CCCCN)NC(=O)[C@H](Cc1ccccc1)NC(=O)[C@H](CC(N)=O)NC(=O)[C@@H](NC(=O)C1CCCN1)C(C)C)C(=O)NC(CO)C(=O)NC(Cc1cnc[nH]1)C(=O)O. The van der Waals surface area contributed by atoms with E-state index in [0.29, 0.717) is 42.6 Å². The van der Waals surface area contributed by atoms with Gasteiger partial charge in [0.15, 0.2) is 0 Å². The lowest BCUT2D eigenvalue weighted by atomic mass is 10.00. The number of carboxylic acids is 1. The quantitative estimate of drug-likeness (QED) is 0.0289. The molecule has 16 N–H and O–H groups in total. The van der Waals surface area contributed by atoms with E-state index < -0.39 is 132 Å². The predicted octanol–water partition coefficient (Wildman–Crippen LogP) is -2.15. The largest absolute Gasteiger partial charge is 0.480 e. The summed E-state index contributed by atoms with van der Waals surface area (Å²) in [5.74, 6) is -9.56. The molecule has 0 saturated carbocycles. The predicted molar refractivity (Wildman–Crippen MR) is 285 cm³/mol. The van der Waals surface area contributed by atoms with Crippen LogP contribution in [0.1, 0.15) is 89.5 Å². The lowest BCUT2D eigenvalue weighted by Gasteiger charge is -2.29. The number of aliphatic hydroxyl groups is 1. The van der Waals surface area contributed by atoms with Gasteiger partial charge < -0.3 is 74.5 Å². The van der Waals surface area contributed by atoms with Crippen molar-refractivity contribution in [3.63, 3.8) is 0 Å². The molecule has 1 fully saturated rings. The van der Waals surface area contributed by atoms with Crippen LogP contribution in [-0.2, 0) is 67.2 Å². The van der Waals surface area contributed by atoms with Crippen molar-refractivity contribution in [2.75, 3.05) is 19.7 Å². The van der Waals surface area contributed by atoms with Crippen LogP contribution >= 0.6 is 0 Å². The van der Waals surface area contributed by atoms with Gasteiger partial charge in [-0.3, -0.25) is 43.2 Å². The zero-order valence-electron chi connectivity index (χ0n) is 44.6. The van der Waals surface area contributed by atoms with Crippen molar-refractivity contribution >= 4 is 59.1 Å². The third-order valence-corrected chi connectivity index (χ3v) is 12.8. The van der Waals surface area contributed by atoms with E-state index in [1.807, 2.05) is 0 Å². The number of nitrogens with zero attached hydrogens (tertiary/aromatic N) is 1. The van der Waals surface area contributed by atoms with E-state index in [1.54, 1.807) is 88.4 Å². The average Bonchev–Trinajstić information content (AvgIpc) is 4.14. The number of carboxylic acid groups (broad SMARTS) is 1. The Morgan fingerprint density at radius 3 is 1.62 bits per heavy atom. The zero-order chi connectivity index (χ0) is 57.3. The van der Waals surface area contributed by atoms with Crippen molar-refractivity contribution in [1.29, 1.82) is 0 Å². The van der Waals surface area contributed by atoms with Crippen molar-refractivity contribution in [3.05, 3.63) is 90.0 Å². The fourth-order valence-electron chi connectivity index (χ4n) is 8.60. The number of nitrogens with two attached hydrogens (primary N) is 2. The molecule has 25 heteroatoms. The molecule has 1 aromatic heterocycles. The van der Waals surface area contributed by atoms with Crippen LogP contribution in [0.5, 0.6) is 0 Å². The van der Waals surface area contributed by atoms with Gasteiger partial charge in [0.1, 0.15) is 48.3 Å². The van der Waals surface area contributed by atoms with Crippen LogP contribution in [-0.4, -0.2) is 153 Å². The van der Waals surface area contributed by atoms with Crippen molar-refractivity contribution in [3.8, 4) is 0 Å². The van der Waals surface area contributed by atoms with E-state index >= 15 is 0 Å². The van der Waals surface area contributed by atoms with Crippen LogP contribution in [0, 0.1) is 11.8 Å². The summed E-state index contributed by atoms with van der Waals surface area (Å²) in [6, 6.07) is 5.36. The topological polar surface area (TPSA) is 400 Å². The van der Waals surface area contributed by atoms with Gasteiger partial charge in [0.05, 0.1) is 25.4 Å². The van der Waals surface area contributed by atoms with Crippen LogP contribution < -0.4 is 59.3 Å². The molecule has 0 spiro atoms. The normalized spacial score (nSPS) is 16.2. The number of primary amides is 1. The number of aliphatic hydroxyl groups excluding tert-OH is 1. The molecular weight excluding hydrogens is 1010 g/mol. The lowest BCUT2D eigenvalue weighted by Crippen LogP contribution is -2.61. The van der Waals surface area contributed by atoms with E-state index in [4.69, 9.17) is 11.5 Å². The molecule has 0 aliphatic carbocycles. The van der Waals surface area contributed by atoms with Crippen molar-refractivity contribution in [1.82, 2.24) is 57.8 Å². The summed E-state index contributed by atoms with van der Waals surface area (Å²) < 4.78 is 0. The average molecular weight is 1090 g/mol. The number of benzene rings is 2. The summed E-state index contributed by atoms with van der Waals surface area (Å²) in [6.45, 7) is 6.88. The smallest absolute Gasteiger partial charge is 0.326 e. The molecule has 4 rings (SSSR count). The van der Waals surface area contributed by atoms with Gasteiger partial charge in [0.2, 0.25) is 53.2 Å². The zero-order valence-corrected chi connectivity index (χ0v) is 44.6. The molecule has 1 aliphatic rings. The second-order valence-corrected chi connectivity index (χ2v) is 20.1. The van der Waals surface area contributed by atoms with Gasteiger partial charge in [-0.1, -0.05) is 88.4 Å². The molecule has 25 nitrogen and oxygen atoms in total. The molecule has 2 aromatic carbocycles. The van der Waals surface area contributed by atoms with Crippen molar-refractivity contribution in [2.24, 2.45) is 23.3 Å². The number of amides is 9. The Bertz CT molecular complexity index is 2460.